The van der Waals surface area contributed by atoms with Crippen molar-refractivity contribution >= 4 is 0 Å². The van der Waals surface area contributed by atoms with Crippen molar-refractivity contribution in [3.8, 4) is 0 Å². The Labute approximate surface area is 117 Å². The molecule has 0 aromatic carbocycles. The molecule has 0 spiro atoms. The van der Waals surface area contributed by atoms with Crippen molar-refractivity contribution in [2.24, 2.45) is 11.3 Å². The molecule has 0 saturated heterocycles. The molecule has 2 rings (SSSR count). The molecule has 0 bridgehead atoms. The normalized spacial score (nSPS) is 19.5. The lowest BCUT2D eigenvalue weighted by molar-refractivity contribution is 0.184. The molecule has 1 aromatic rings. The van der Waals surface area contributed by atoms with E-state index in [0.29, 0.717) is 11.5 Å². The summed E-state index contributed by atoms with van der Waals surface area (Å²) in [7, 11) is 0. The molecule has 0 aliphatic heterocycles. The van der Waals surface area contributed by atoms with Gasteiger partial charge >= 0.3 is 0 Å². The van der Waals surface area contributed by atoms with E-state index in [2.05, 4.69) is 36.4 Å². The number of pyridine rings is 1. The van der Waals surface area contributed by atoms with Crippen molar-refractivity contribution in [1.29, 1.82) is 0 Å². The maximum atomic E-state index is 5.84. The van der Waals surface area contributed by atoms with Crippen LogP contribution in [-0.4, -0.2) is 11.0 Å². The Morgan fingerprint density at radius 2 is 2.05 bits per heavy atom. The van der Waals surface area contributed by atoms with Crippen molar-refractivity contribution in [3.63, 3.8) is 0 Å². The molecule has 106 valence electrons. The minimum Gasteiger partial charge on any atom is -0.271 e. The first-order valence-corrected chi connectivity index (χ1v) is 7.64. The summed E-state index contributed by atoms with van der Waals surface area (Å²) >= 11 is 0. The molecule has 19 heavy (non-hydrogen) atoms. The van der Waals surface area contributed by atoms with Gasteiger partial charge in [0.1, 0.15) is 0 Å². The fraction of sp³-hybridized carbons (Fsp3) is 0.688. The molecule has 1 unspecified atom stereocenters. The van der Waals surface area contributed by atoms with Crippen molar-refractivity contribution in [2.75, 3.05) is 0 Å². The Hall–Kier alpha value is -0.930. The van der Waals surface area contributed by atoms with Crippen LogP contribution in [-0.2, 0) is 12.8 Å². The van der Waals surface area contributed by atoms with Gasteiger partial charge in [-0.15, -0.1) is 0 Å². The monoisotopic (exact) mass is 261 g/mol. The van der Waals surface area contributed by atoms with Gasteiger partial charge in [0.2, 0.25) is 0 Å². The number of nitrogens with zero attached hydrogens (tertiary/aromatic N) is 1. The van der Waals surface area contributed by atoms with E-state index in [-0.39, 0.29) is 0 Å². The second-order valence-electron chi connectivity index (χ2n) is 5.86. The Morgan fingerprint density at radius 1 is 1.32 bits per heavy atom. The summed E-state index contributed by atoms with van der Waals surface area (Å²) in [5.41, 5.74) is 5.90. The van der Waals surface area contributed by atoms with E-state index in [1.54, 1.807) is 0 Å². The Morgan fingerprint density at radius 3 is 2.53 bits per heavy atom. The SMILES string of the molecule is CCc1ccc(CC(NN)C2(CC)CCCC2)nc1. The lowest BCUT2D eigenvalue weighted by atomic mass is 9.74. The zero-order valence-electron chi connectivity index (χ0n) is 12.3. The van der Waals surface area contributed by atoms with Gasteiger partial charge in [-0.25, -0.2) is 0 Å². The number of hydrazine groups is 1. The van der Waals surface area contributed by atoms with E-state index >= 15 is 0 Å². The third kappa shape index (κ3) is 3.15. The average molecular weight is 261 g/mol. The molecule has 1 atom stereocenters. The van der Waals surface area contributed by atoms with Crippen LogP contribution in [0.5, 0.6) is 0 Å². The number of nitrogens with one attached hydrogen (secondary N) is 1. The van der Waals surface area contributed by atoms with Gasteiger partial charge in [0.05, 0.1) is 0 Å². The minimum atomic E-state index is 0.347. The first-order chi connectivity index (χ1) is 9.24. The summed E-state index contributed by atoms with van der Waals surface area (Å²) in [5, 5.41) is 0. The van der Waals surface area contributed by atoms with Crippen LogP contribution >= 0.6 is 0 Å². The standard InChI is InChI=1S/C16H27N3/c1-3-13-7-8-14(18-12-13)11-15(19-17)16(4-2)9-5-6-10-16/h7-8,12,15,19H,3-6,9-11,17H2,1-2H3. The van der Waals surface area contributed by atoms with Gasteiger partial charge in [0.15, 0.2) is 0 Å². The largest absolute Gasteiger partial charge is 0.271 e. The van der Waals surface area contributed by atoms with Gasteiger partial charge in [-0.2, -0.15) is 0 Å². The number of hydrogen-bond donors (Lipinski definition) is 2. The Balaban J connectivity index is 2.09. The summed E-state index contributed by atoms with van der Waals surface area (Å²) in [6, 6.07) is 4.69. The molecule has 0 radical (unpaired) electrons. The van der Waals surface area contributed by atoms with E-state index < -0.39 is 0 Å². The third-order valence-electron chi connectivity index (χ3n) is 4.95. The zero-order valence-corrected chi connectivity index (χ0v) is 12.3. The van der Waals surface area contributed by atoms with Crippen LogP contribution < -0.4 is 11.3 Å². The summed E-state index contributed by atoms with van der Waals surface area (Å²) in [5.74, 6) is 5.84. The predicted molar refractivity (Wildman–Crippen MR) is 79.6 cm³/mol. The van der Waals surface area contributed by atoms with Crippen LogP contribution in [0.3, 0.4) is 0 Å². The van der Waals surface area contributed by atoms with Gasteiger partial charge in [-0.05, 0) is 42.7 Å². The summed E-state index contributed by atoms with van der Waals surface area (Å²) in [4.78, 5) is 4.58. The van der Waals surface area contributed by atoms with Crippen molar-refractivity contribution in [3.05, 3.63) is 29.6 Å². The topological polar surface area (TPSA) is 50.9 Å². The summed E-state index contributed by atoms with van der Waals surface area (Å²) < 4.78 is 0. The molecule has 1 aromatic heterocycles. The molecular formula is C16H27N3. The quantitative estimate of drug-likeness (QED) is 0.611. The molecule has 1 aliphatic rings. The van der Waals surface area contributed by atoms with E-state index in [9.17, 15) is 0 Å². The summed E-state index contributed by atoms with van der Waals surface area (Å²) in [6.45, 7) is 4.45. The lowest BCUT2D eigenvalue weighted by Gasteiger charge is -2.36. The molecular weight excluding hydrogens is 234 g/mol. The molecule has 0 amide bonds. The highest BCUT2D eigenvalue weighted by Crippen LogP contribution is 2.44. The van der Waals surface area contributed by atoms with E-state index in [0.717, 1.165) is 18.5 Å². The van der Waals surface area contributed by atoms with Crippen LogP contribution in [0.1, 0.15) is 57.2 Å². The third-order valence-corrected chi connectivity index (χ3v) is 4.95. The van der Waals surface area contributed by atoms with Crippen LogP contribution in [0, 0.1) is 5.41 Å². The molecule has 3 nitrogen and oxygen atoms in total. The van der Waals surface area contributed by atoms with E-state index in [4.69, 9.17) is 5.84 Å². The fourth-order valence-corrected chi connectivity index (χ4v) is 3.47. The smallest absolute Gasteiger partial charge is 0.0420 e. The highest BCUT2D eigenvalue weighted by atomic mass is 15.2. The van der Waals surface area contributed by atoms with E-state index in [1.807, 2.05) is 6.20 Å². The number of rotatable bonds is 6. The first kappa shape index (κ1) is 14.5. The number of aryl methyl sites for hydroxylation is 1. The van der Waals surface area contributed by atoms with Crippen molar-refractivity contribution < 1.29 is 0 Å². The number of nitrogens with two attached hydrogens (primary N) is 1. The van der Waals surface area contributed by atoms with Gasteiger partial charge in [-0.3, -0.25) is 16.3 Å². The molecule has 1 aliphatic carbocycles. The van der Waals surface area contributed by atoms with Gasteiger partial charge in [0.25, 0.3) is 0 Å². The molecule has 1 saturated carbocycles. The number of hydrogen-bond acceptors (Lipinski definition) is 3. The zero-order chi connectivity index (χ0) is 13.7. The number of aromatic nitrogens is 1. The Kier molecular flexibility index (Phi) is 4.94. The minimum absolute atomic E-state index is 0.347. The van der Waals surface area contributed by atoms with E-state index in [1.165, 1.54) is 37.7 Å². The highest BCUT2D eigenvalue weighted by molar-refractivity contribution is 5.15. The fourth-order valence-electron chi connectivity index (χ4n) is 3.47. The van der Waals surface area contributed by atoms with Crippen molar-refractivity contribution in [2.45, 2.75) is 64.8 Å². The molecule has 3 heteroatoms. The second-order valence-corrected chi connectivity index (χ2v) is 5.86. The van der Waals surface area contributed by atoms with Crippen LogP contribution in [0.4, 0.5) is 0 Å². The van der Waals surface area contributed by atoms with Crippen LogP contribution in [0.15, 0.2) is 18.3 Å². The van der Waals surface area contributed by atoms with Crippen LogP contribution in [0.25, 0.3) is 0 Å². The second kappa shape index (κ2) is 6.49. The van der Waals surface area contributed by atoms with Gasteiger partial charge < -0.3 is 0 Å². The maximum Gasteiger partial charge on any atom is 0.0420 e. The Bertz CT molecular complexity index is 379. The first-order valence-electron chi connectivity index (χ1n) is 7.64. The highest BCUT2D eigenvalue weighted by Gasteiger charge is 2.39. The van der Waals surface area contributed by atoms with Crippen molar-refractivity contribution in [1.82, 2.24) is 10.4 Å². The molecule has 3 N–H and O–H groups in total. The summed E-state index contributed by atoms with van der Waals surface area (Å²) in [6.07, 6.45) is 10.5. The lowest BCUT2D eigenvalue weighted by Crippen LogP contribution is -2.48. The maximum absolute atomic E-state index is 5.84. The molecule has 1 fully saturated rings. The predicted octanol–water partition coefficient (Wildman–Crippen LogP) is 2.99. The van der Waals surface area contributed by atoms with Gasteiger partial charge in [-0.1, -0.05) is 32.8 Å². The average Bonchev–Trinajstić information content (AvgIpc) is 2.95. The molecule has 1 heterocycles. The van der Waals surface area contributed by atoms with Gasteiger partial charge in [0, 0.05) is 24.4 Å². The van der Waals surface area contributed by atoms with Crippen LogP contribution in [0.2, 0.25) is 0 Å².